The van der Waals surface area contributed by atoms with Crippen LogP contribution in [0.4, 0.5) is 0 Å². The highest BCUT2D eigenvalue weighted by molar-refractivity contribution is 5.90. The summed E-state index contributed by atoms with van der Waals surface area (Å²) in [6, 6.07) is 10.2. The standard InChI is InChI=1S/C16H24O2/c1-4-16(5-2,14-10-7-6-8-11-14)15(17)12-9-13-18-3/h6-8,10-11H,4-5,9,12-13H2,1-3H3. The number of rotatable bonds is 8. The van der Waals surface area contributed by atoms with E-state index >= 15 is 0 Å². The number of carbonyl (C=O) groups excluding carboxylic acids is 1. The smallest absolute Gasteiger partial charge is 0.143 e. The van der Waals surface area contributed by atoms with E-state index in [9.17, 15) is 4.79 Å². The molecule has 0 amide bonds. The molecular weight excluding hydrogens is 224 g/mol. The fourth-order valence-corrected chi connectivity index (χ4v) is 2.59. The molecule has 1 aromatic rings. The molecule has 0 unspecified atom stereocenters. The van der Waals surface area contributed by atoms with Crippen LogP contribution in [0.3, 0.4) is 0 Å². The van der Waals surface area contributed by atoms with Crippen molar-refractivity contribution >= 4 is 5.78 Å². The van der Waals surface area contributed by atoms with Crippen LogP contribution in [0.25, 0.3) is 0 Å². The van der Waals surface area contributed by atoms with Crippen molar-refractivity contribution < 1.29 is 9.53 Å². The van der Waals surface area contributed by atoms with E-state index in [-0.39, 0.29) is 5.41 Å². The van der Waals surface area contributed by atoms with Crippen LogP contribution in [0.15, 0.2) is 30.3 Å². The summed E-state index contributed by atoms with van der Waals surface area (Å²) in [7, 11) is 1.68. The van der Waals surface area contributed by atoms with E-state index in [2.05, 4.69) is 26.0 Å². The number of benzene rings is 1. The van der Waals surface area contributed by atoms with Crippen molar-refractivity contribution in [2.45, 2.75) is 44.9 Å². The average molecular weight is 248 g/mol. The van der Waals surface area contributed by atoms with Crippen LogP contribution in [0, 0.1) is 0 Å². The Kier molecular flexibility index (Phi) is 6.06. The van der Waals surface area contributed by atoms with Gasteiger partial charge >= 0.3 is 0 Å². The fourth-order valence-electron chi connectivity index (χ4n) is 2.59. The zero-order chi connectivity index (χ0) is 13.4. The minimum Gasteiger partial charge on any atom is -0.385 e. The van der Waals surface area contributed by atoms with E-state index in [1.807, 2.05) is 18.2 Å². The molecule has 0 aliphatic rings. The molecule has 0 spiro atoms. The van der Waals surface area contributed by atoms with Crippen LogP contribution in [-0.4, -0.2) is 19.5 Å². The van der Waals surface area contributed by atoms with Crippen molar-refractivity contribution in [1.29, 1.82) is 0 Å². The maximum absolute atomic E-state index is 12.5. The summed E-state index contributed by atoms with van der Waals surface area (Å²) in [5, 5.41) is 0. The summed E-state index contributed by atoms with van der Waals surface area (Å²) >= 11 is 0. The van der Waals surface area contributed by atoms with Crippen LogP contribution in [0.1, 0.15) is 45.1 Å². The van der Waals surface area contributed by atoms with Crippen molar-refractivity contribution in [2.75, 3.05) is 13.7 Å². The second-order valence-electron chi connectivity index (χ2n) is 4.67. The predicted octanol–water partition coefficient (Wildman–Crippen LogP) is 3.74. The Bertz CT molecular complexity index is 353. The molecule has 0 aromatic heterocycles. The fraction of sp³-hybridized carbons (Fsp3) is 0.562. The normalized spacial score (nSPS) is 11.5. The third-order valence-corrected chi connectivity index (χ3v) is 3.82. The second kappa shape index (κ2) is 7.32. The zero-order valence-electron chi connectivity index (χ0n) is 11.7. The van der Waals surface area contributed by atoms with Gasteiger partial charge in [0.25, 0.3) is 0 Å². The van der Waals surface area contributed by atoms with Gasteiger partial charge in [0, 0.05) is 20.1 Å². The highest BCUT2D eigenvalue weighted by atomic mass is 16.5. The molecule has 0 aliphatic carbocycles. The summed E-state index contributed by atoms with van der Waals surface area (Å²) in [5.74, 6) is 0.343. The van der Waals surface area contributed by atoms with Crippen LogP contribution in [-0.2, 0) is 14.9 Å². The minimum atomic E-state index is -0.311. The number of carbonyl (C=O) groups is 1. The molecule has 0 aliphatic heterocycles. The van der Waals surface area contributed by atoms with Crippen molar-refractivity contribution in [3.63, 3.8) is 0 Å². The number of methoxy groups -OCH3 is 1. The Morgan fingerprint density at radius 3 is 2.28 bits per heavy atom. The summed E-state index contributed by atoms with van der Waals surface area (Å²) in [4.78, 5) is 12.5. The Balaban J connectivity index is 2.90. The van der Waals surface area contributed by atoms with Gasteiger partial charge in [-0.2, -0.15) is 0 Å². The molecule has 0 N–H and O–H groups in total. The quantitative estimate of drug-likeness (QED) is 0.655. The van der Waals surface area contributed by atoms with Crippen LogP contribution >= 0.6 is 0 Å². The lowest BCUT2D eigenvalue weighted by Gasteiger charge is -2.31. The first-order valence-electron chi connectivity index (χ1n) is 6.79. The third-order valence-electron chi connectivity index (χ3n) is 3.82. The van der Waals surface area contributed by atoms with Crippen LogP contribution in [0.2, 0.25) is 0 Å². The third kappa shape index (κ3) is 3.20. The van der Waals surface area contributed by atoms with E-state index < -0.39 is 0 Å². The summed E-state index contributed by atoms with van der Waals surface area (Å²) in [5.41, 5.74) is 0.840. The van der Waals surface area contributed by atoms with Gasteiger partial charge in [0.2, 0.25) is 0 Å². The van der Waals surface area contributed by atoms with Gasteiger partial charge in [0.05, 0.1) is 5.41 Å². The Morgan fingerprint density at radius 1 is 1.17 bits per heavy atom. The van der Waals surface area contributed by atoms with E-state index in [0.717, 1.165) is 24.8 Å². The molecule has 0 saturated carbocycles. The number of ether oxygens (including phenoxy) is 1. The average Bonchev–Trinajstić information content (AvgIpc) is 2.42. The Hall–Kier alpha value is -1.15. The van der Waals surface area contributed by atoms with Crippen molar-refractivity contribution in [2.24, 2.45) is 0 Å². The molecule has 0 fully saturated rings. The Morgan fingerprint density at radius 2 is 1.78 bits per heavy atom. The maximum Gasteiger partial charge on any atom is 0.143 e. The van der Waals surface area contributed by atoms with Gasteiger partial charge in [-0.15, -0.1) is 0 Å². The molecule has 0 saturated heterocycles. The summed E-state index contributed by atoms with van der Waals surface area (Å²) in [6.45, 7) is 4.86. The van der Waals surface area contributed by atoms with Crippen molar-refractivity contribution in [3.8, 4) is 0 Å². The zero-order valence-corrected chi connectivity index (χ0v) is 11.7. The number of Topliss-reactive ketones (excluding diaryl/α,β-unsaturated/α-hetero) is 1. The summed E-state index contributed by atoms with van der Waals surface area (Å²) in [6.07, 6.45) is 3.13. The van der Waals surface area contributed by atoms with Gasteiger partial charge in [-0.3, -0.25) is 4.79 Å². The van der Waals surface area contributed by atoms with Gasteiger partial charge < -0.3 is 4.74 Å². The van der Waals surface area contributed by atoms with E-state index in [0.29, 0.717) is 18.8 Å². The van der Waals surface area contributed by atoms with E-state index in [1.165, 1.54) is 0 Å². The monoisotopic (exact) mass is 248 g/mol. The highest BCUT2D eigenvalue weighted by Gasteiger charge is 2.35. The first kappa shape index (κ1) is 14.9. The SMILES string of the molecule is CCC(CC)(C(=O)CCCOC)c1ccccc1. The number of ketones is 1. The van der Waals surface area contributed by atoms with Gasteiger partial charge in [0.1, 0.15) is 5.78 Å². The first-order valence-corrected chi connectivity index (χ1v) is 6.79. The molecule has 2 heteroatoms. The lowest BCUT2D eigenvalue weighted by Crippen LogP contribution is -2.34. The second-order valence-corrected chi connectivity index (χ2v) is 4.67. The van der Waals surface area contributed by atoms with Gasteiger partial charge in [-0.1, -0.05) is 44.2 Å². The molecule has 100 valence electrons. The molecule has 1 rings (SSSR count). The molecule has 0 bridgehead atoms. The van der Waals surface area contributed by atoms with Gasteiger partial charge in [-0.25, -0.2) is 0 Å². The molecular formula is C16H24O2. The van der Waals surface area contributed by atoms with Crippen LogP contribution < -0.4 is 0 Å². The predicted molar refractivity (Wildman–Crippen MR) is 74.8 cm³/mol. The highest BCUT2D eigenvalue weighted by Crippen LogP contribution is 2.34. The maximum atomic E-state index is 12.5. The number of hydrogen-bond donors (Lipinski definition) is 0. The molecule has 2 nitrogen and oxygen atoms in total. The minimum absolute atomic E-state index is 0.311. The summed E-state index contributed by atoms with van der Waals surface area (Å²) < 4.78 is 5.03. The largest absolute Gasteiger partial charge is 0.385 e. The molecule has 0 radical (unpaired) electrons. The molecule has 1 aromatic carbocycles. The molecule has 0 heterocycles. The van der Waals surface area contributed by atoms with Crippen LogP contribution in [0.5, 0.6) is 0 Å². The van der Waals surface area contributed by atoms with Crippen molar-refractivity contribution in [1.82, 2.24) is 0 Å². The lowest BCUT2D eigenvalue weighted by molar-refractivity contribution is -0.125. The van der Waals surface area contributed by atoms with E-state index in [1.54, 1.807) is 7.11 Å². The van der Waals surface area contributed by atoms with Crippen molar-refractivity contribution in [3.05, 3.63) is 35.9 Å². The van der Waals surface area contributed by atoms with E-state index in [4.69, 9.17) is 4.74 Å². The lowest BCUT2D eigenvalue weighted by atomic mass is 9.71. The Labute approximate surface area is 110 Å². The molecule has 18 heavy (non-hydrogen) atoms. The van der Waals surface area contributed by atoms with Gasteiger partial charge in [-0.05, 0) is 24.8 Å². The topological polar surface area (TPSA) is 26.3 Å². The molecule has 0 atom stereocenters. The number of hydrogen-bond acceptors (Lipinski definition) is 2. The first-order chi connectivity index (χ1) is 8.71. The van der Waals surface area contributed by atoms with Gasteiger partial charge in [0.15, 0.2) is 0 Å².